The van der Waals surface area contributed by atoms with Crippen LogP contribution in [0.5, 0.6) is 0 Å². The summed E-state index contributed by atoms with van der Waals surface area (Å²) in [5.41, 5.74) is 1.35. The fraction of sp³-hybridized carbons (Fsp3) is 0.400. The van der Waals surface area contributed by atoms with Crippen molar-refractivity contribution in [2.24, 2.45) is 0 Å². The van der Waals surface area contributed by atoms with E-state index in [-0.39, 0.29) is 0 Å². The molecule has 0 fully saturated rings. The lowest BCUT2D eigenvalue weighted by molar-refractivity contribution is 1.09. The number of rotatable bonds is 0. The molecule has 0 nitrogen and oxygen atoms in total. The Kier molecular flexibility index (Phi) is 6.62. The standard InChI is InChI=1S/C7H7I.C3H8/c1-6-4-2-3-5-7(6)8;1-3-2/h2-5H,1H3;3H2,1-2H3. The molecular weight excluding hydrogens is 247 g/mol. The van der Waals surface area contributed by atoms with Crippen molar-refractivity contribution < 1.29 is 0 Å². The van der Waals surface area contributed by atoms with Crippen LogP contribution in [0.15, 0.2) is 24.3 Å². The summed E-state index contributed by atoms with van der Waals surface area (Å²) in [6.07, 6.45) is 1.25. The lowest BCUT2D eigenvalue weighted by Gasteiger charge is -1.91. The fourth-order valence-electron chi connectivity index (χ4n) is 0.551. The SMILES string of the molecule is CCC.Cc1ccccc1I. The lowest BCUT2D eigenvalue weighted by atomic mass is 10.2. The van der Waals surface area contributed by atoms with Gasteiger partial charge in [-0.25, -0.2) is 0 Å². The summed E-state index contributed by atoms with van der Waals surface area (Å²) in [6.45, 7) is 6.36. The molecule has 0 aromatic heterocycles. The molecule has 11 heavy (non-hydrogen) atoms. The predicted octanol–water partition coefficient (Wildman–Crippen LogP) is 4.02. The Morgan fingerprint density at radius 1 is 1.18 bits per heavy atom. The summed E-state index contributed by atoms with van der Waals surface area (Å²) in [5.74, 6) is 0. The third-order valence-corrected chi connectivity index (χ3v) is 2.29. The zero-order valence-corrected chi connectivity index (χ0v) is 9.55. The van der Waals surface area contributed by atoms with Crippen molar-refractivity contribution in [2.45, 2.75) is 27.2 Å². The van der Waals surface area contributed by atoms with Gasteiger partial charge in [0.1, 0.15) is 0 Å². The maximum atomic E-state index is 2.32. The smallest absolute Gasteiger partial charge is 0.0159 e. The van der Waals surface area contributed by atoms with Crippen LogP contribution in [0.3, 0.4) is 0 Å². The number of hydrogen-bond acceptors (Lipinski definition) is 0. The molecule has 0 bridgehead atoms. The van der Waals surface area contributed by atoms with Gasteiger partial charge in [0, 0.05) is 3.57 Å². The first-order valence-electron chi connectivity index (χ1n) is 3.93. The normalized spacial score (nSPS) is 8.36. The molecule has 0 N–H and O–H groups in total. The van der Waals surface area contributed by atoms with Crippen LogP contribution in [0.1, 0.15) is 25.8 Å². The third kappa shape index (κ3) is 5.24. The van der Waals surface area contributed by atoms with Crippen LogP contribution in [0.2, 0.25) is 0 Å². The van der Waals surface area contributed by atoms with Crippen molar-refractivity contribution in [3.8, 4) is 0 Å². The second-order valence-electron chi connectivity index (χ2n) is 2.46. The Balaban J connectivity index is 0.000000292. The fourth-order valence-corrected chi connectivity index (χ4v) is 0.938. The van der Waals surface area contributed by atoms with Gasteiger partial charge in [-0.1, -0.05) is 38.5 Å². The molecule has 0 aliphatic carbocycles. The van der Waals surface area contributed by atoms with E-state index < -0.39 is 0 Å². The first-order valence-corrected chi connectivity index (χ1v) is 5.01. The minimum absolute atomic E-state index is 1.25. The third-order valence-electron chi connectivity index (χ3n) is 1.08. The van der Waals surface area contributed by atoms with Gasteiger partial charge in [-0.05, 0) is 41.1 Å². The molecule has 0 heterocycles. The largest absolute Gasteiger partial charge is 0.0656 e. The topological polar surface area (TPSA) is 0 Å². The van der Waals surface area contributed by atoms with Crippen LogP contribution in [0, 0.1) is 10.5 Å². The highest BCUT2D eigenvalue weighted by molar-refractivity contribution is 14.1. The van der Waals surface area contributed by atoms with E-state index in [0.717, 1.165) is 0 Å². The Morgan fingerprint density at radius 3 is 1.91 bits per heavy atom. The van der Waals surface area contributed by atoms with Gasteiger partial charge >= 0.3 is 0 Å². The summed E-state index contributed by atoms with van der Waals surface area (Å²) in [6, 6.07) is 8.32. The second-order valence-corrected chi connectivity index (χ2v) is 3.62. The van der Waals surface area contributed by atoms with E-state index in [1.165, 1.54) is 15.6 Å². The Morgan fingerprint density at radius 2 is 1.64 bits per heavy atom. The quantitative estimate of drug-likeness (QED) is 0.619. The van der Waals surface area contributed by atoms with Crippen molar-refractivity contribution >= 4 is 22.6 Å². The molecule has 1 heteroatoms. The van der Waals surface area contributed by atoms with Crippen molar-refractivity contribution in [3.63, 3.8) is 0 Å². The number of aryl methyl sites for hydroxylation is 1. The van der Waals surface area contributed by atoms with Gasteiger partial charge in [-0.3, -0.25) is 0 Å². The highest BCUT2D eigenvalue weighted by atomic mass is 127. The van der Waals surface area contributed by atoms with Gasteiger partial charge < -0.3 is 0 Å². The van der Waals surface area contributed by atoms with Crippen LogP contribution < -0.4 is 0 Å². The van der Waals surface area contributed by atoms with E-state index >= 15 is 0 Å². The van der Waals surface area contributed by atoms with Crippen LogP contribution in [-0.2, 0) is 0 Å². The highest BCUT2D eigenvalue weighted by Gasteiger charge is 1.85. The Hall–Kier alpha value is -0.0500. The van der Waals surface area contributed by atoms with Crippen LogP contribution in [-0.4, -0.2) is 0 Å². The summed E-state index contributed by atoms with van der Waals surface area (Å²) < 4.78 is 1.34. The van der Waals surface area contributed by atoms with E-state index in [1.54, 1.807) is 0 Å². The average Bonchev–Trinajstić information content (AvgIpc) is 1.97. The molecule has 0 spiro atoms. The first kappa shape index (κ1) is 11.0. The van der Waals surface area contributed by atoms with Crippen molar-refractivity contribution in [2.75, 3.05) is 0 Å². The molecule has 0 aliphatic heterocycles. The number of benzene rings is 1. The van der Waals surface area contributed by atoms with Gasteiger partial charge in [-0.2, -0.15) is 0 Å². The minimum atomic E-state index is 1.25. The van der Waals surface area contributed by atoms with Gasteiger partial charge in [0.05, 0.1) is 0 Å². The summed E-state index contributed by atoms with van der Waals surface area (Å²) >= 11 is 2.32. The molecule has 0 aliphatic rings. The molecule has 1 aromatic carbocycles. The molecule has 0 saturated heterocycles. The zero-order chi connectivity index (χ0) is 8.69. The summed E-state index contributed by atoms with van der Waals surface area (Å²) in [4.78, 5) is 0. The van der Waals surface area contributed by atoms with Crippen LogP contribution >= 0.6 is 22.6 Å². The highest BCUT2D eigenvalue weighted by Crippen LogP contribution is 2.08. The Labute approximate surface area is 83.2 Å². The molecule has 0 radical (unpaired) electrons. The van der Waals surface area contributed by atoms with Crippen LogP contribution in [0.4, 0.5) is 0 Å². The zero-order valence-electron chi connectivity index (χ0n) is 7.39. The Bertz CT molecular complexity index is 173. The lowest BCUT2D eigenvalue weighted by Crippen LogP contribution is -1.74. The molecule has 0 atom stereocenters. The number of halogens is 1. The second kappa shape index (κ2) is 6.65. The van der Waals surface area contributed by atoms with Gasteiger partial charge in [-0.15, -0.1) is 0 Å². The molecule has 1 rings (SSSR count). The molecule has 0 unspecified atom stereocenters. The molecule has 0 amide bonds. The summed E-state index contributed by atoms with van der Waals surface area (Å²) in [7, 11) is 0. The van der Waals surface area contributed by atoms with E-state index in [9.17, 15) is 0 Å². The average molecular weight is 262 g/mol. The number of hydrogen-bond donors (Lipinski definition) is 0. The van der Waals surface area contributed by atoms with Crippen molar-refractivity contribution in [1.82, 2.24) is 0 Å². The van der Waals surface area contributed by atoms with E-state index in [2.05, 4.69) is 67.6 Å². The van der Waals surface area contributed by atoms with E-state index in [1.807, 2.05) is 0 Å². The van der Waals surface area contributed by atoms with E-state index in [4.69, 9.17) is 0 Å². The summed E-state index contributed by atoms with van der Waals surface area (Å²) in [5, 5.41) is 0. The molecule has 1 aromatic rings. The molecule has 62 valence electrons. The van der Waals surface area contributed by atoms with Crippen molar-refractivity contribution in [3.05, 3.63) is 33.4 Å². The van der Waals surface area contributed by atoms with Crippen molar-refractivity contribution in [1.29, 1.82) is 0 Å². The first-order chi connectivity index (χ1) is 5.22. The van der Waals surface area contributed by atoms with Gasteiger partial charge in [0.2, 0.25) is 0 Å². The molecular formula is C10H15I. The predicted molar refractivity (Wildman–Crippen MR) is 59.9 cm³/mol. The molecule has 0 saturated carbocycles. The maximum absolute atomic E-state index is 2.32. The monoisotopic (exact) mass is 262 g/mol. The van der Waals surface area contributed by atoms with Crippen LogP contribution in [0.25, 0.3) is 0 Å². The van der Waals surface area contributed by atoms with Gasteiger partial charge in [0.15, 0.2) is 0 Å². The minimum Gasteiger partial charge on any atom is -0.0656 e. The van der Waals surface area contributed by atoms with E-state index in [0.29, 0.717) is 0 Å². The van der Waals surface area contributed by atoms with Gasteiger partial charge in [0.25, 0.3) is 0 Å². The maximum Gasteiger partial charge on any atom is 0.0159 e.